The molecule has 3 heteroatoms. The van der Waals surface area contributed by atoms with Crippen LogP contribution in [0.2, 0.25) is 0 Å². The number of hydrogen-bond acceptors (Lipinski definition) is 3. The summed E-state index contributed by atoms with van der Waals surface area (Å²) in [4.78, 5) is 18.2. The number of piperidine rings is 1. The lowest BCUT2D eigenvalue weighted by Crippen LogP contribution is -2.44. The third kappa shape index (κ3) is 2.08. The monoisotopic (exact) mass is 218 g/mol. The Morgan fingerprint density at radius 3 is 3.00 bits per heavy atom. The number of anilines is 1. The van der Waals surface area contributed by atoms with Crippen LogP contribution in [-0.4, -0.2) is 23.4 Å². The predicted octanol–water partition coefficient (Wildman–Crippen LogP) is 2.34. The van der Waals surface area contributed by atoms with Crippen LogP contribution in [0.25, 0.3) is 0 Å². The first-order chi connectivity index (χ1) is 7.70. The van der Waals surface area contributed by atoms with Gasteiger partial charge in [-0.15, -0.1) is 0 Å². The molecule has 0 aromatic carbocycles. The summed E-state index contributed by atoms with van der Waals surface area (Å²) < 4.78 is 0. The minimum atomic E-state index is 0.0300. The second-order valence-electron chi connectivity index (χ2n) is 4.46. The third-order valence-electron chi connectivity index (χ3n) is 3.23. The minimum Gasteiger partial charge on any atom is -0.346 e. The lowest BCUT2D eigenvalue weighted by molar-refractivity contribution is -0.118. The molecule has 1 saturated heterocycles. The van der Waals surface area contributed by atoms with Crippen LogP contribution in [-0.2, 0) is 4.79 Å². The number of rotatable bonds is 2. The molecule has 1 fully saturated rings. The molecule has 1 atom stereocenters. The van der Waals surface area contributed by atoms with Gasteiger partial charge >= 0.3 is 0 Å². The molecule has 1 aromatic heterocycles. The van der Waals surface area contributed by atoms with Crippen LogP contribution in [0, 0.1) is 6.92 Å². The number of hydrogen-bond donors (Lipinski definition) is 0. The molecule has 1 aliphatic rings. The van der Waals surface area contributed by atoms with E-state index in [9.17, 15) is 4.79 Å². The summed E-state index contributed by atoms with van der Waals surface area (Å²) in [6, 6.07) is 4.02. The number of Topliss-reactive ketones (excluding diaryl/α,β-unsaturated/α-hetero) is 1. The number of carbonyl (C=O) groups excluding carboxylic acids is 1. The summed E-state index contributed by atoms with van der Waals surface area (Å²) in [7, 11) is 0. The minimum absolute atomic E-state index is 0.0300. The van der Waals surface area contributed by atoms with Gasteiger partial charge in [0.1, 0.15) is 5.82 Å². The lowest BCUT2D eigenvalue weighted by atomic mass is 9.98. The zero-order valence-electron chi connectivity index (χ0n) is 9.94. The number of aromatic nitrogens is 1. The Morgan fingerprint density at radius 2 is 2.31 bits per heavy atom. The lowest BCUT2D eigenvalue weighted by Gasteiger charge is -2.35. The van der Waals surface area contributed by atoms with Crippen molar-refractivity contribution in [2.45, 2.75) is 39.2 Å². The van der Waals surface area contributed by atoms with Gasteiger partial charge in [-0.3, -0.25) is 4.79 Å². The molecule has 0 spiro atoms. The van der Waals surface area contributed by atoms with Crippen LogP contribution in [0.3, 0.4) is 0 Å². The van der Waals surface area contributed by atoms with Gasteiger partial charge in [0.15, 0.2) is 5.78 Å². The average molecular weight is 218 g/mol. The van der Waals surface area contributed by atoms with Gasteiger partial charge in [-0.2, -0.15) is 0 Å². The number of ketones is 1. The smallest absolute Gasteiger partial charge is 0.152 e. The fourth-order valence-corrected chi connectivity index (χ4v) is 2.39. The first-order valence-corrected chi connectivity index (χ1v) is 5.89. The summed E-state index contributed by atoms with van der Waals surface area (Å²) in [5, 5.41) is 0. The van der Waals surface area contributed by atoms with Crippen molar-refractivity contribution in [1.82, 2.24) is 4.98 Å². The summed E-state index contributed by atoms with van der Waals surface area (Å²) >= 11 is 0. The number of carbonyl (C=O) groups is 1. The van der Waals surface area contributed by atoms with Gasteiger partial charge < -0.3 is 4.90 Å². The van der Waals surface area contributed by atoms with Gasteiger partial charge in [0.05, 0.1) is 6.04 Å². The normalized spacial score (nSPS) is 20.9. The molecule has 2 rings (SSSR count). The summed E-state index contributed by atoms with van der Waals surface area (Å²) in [6.07, 6.45) is 5.06. The summed E-state index contributed by atoms with van der Waals surface area (Å²) in [5.41, 5.74) is 1.15. The summed E-state index contributed by atoms with van der Waals surface area (Å²) in [6.45, 7) is 4.68. The molecule has 0 bridgehead atoms. The van der Waals surface area contributed by atoms with E-state index >= 15 is 0 Å². The van der Waals surface area contributed by atoms with Crippen molar-refractivity contribution in [2.75, 3.05) is 11.4 Å². The van der Waals surface area contributed by atoms with Crippen molar-refractivity contribution in [3.05, 3.63) is 23.9 Å². The third-order valence-corrected chi connectivity index (χ3v) is 3.23. The Kier molecular flexibility index (Phi) is 3.22. The van der Waals surface area contributed by atoms with E-state index in [1.165, 1.54) is 0 Å². The van der Waals surface area contributed by atoms with Crippen LogP contribution in [0.5, 0.6) is 0 Å². The molecule has 1 aliphatic heterocycles. The van der Waals surface area contributed by atoms with Crippen molar-refractivity contribution < 1.29 is 4.79 Å². The molecule has 0 radical (unpaired) electrons. The van der Waals surface area contributed by atoms with Gasteiger partial charge in [-0.05, 0) is 44.7 Å². The fraction of sp³-hybridized carbons (Fsp3) is 0.538. The van der Waals surface area contributed by atoms with Crippen LogP contribution in [0.1, 0.15) is 31.7 Å². The van der Waals surface area contributed by atoms with Gasteiger partial charge in [0.25, 0.3) is 0 Å². The highest BCUT2D eigenvalue weighted by Gasteiger charge is 2.27. The first kappa shape index (κ1) is 11.1. The number of aryl methyl sites for hydroxylation is 1. The van der Waals surface area contributed by atoms with Crippen molar-refractivity contribution in [3.8, 4) is 0 Å². The Hall–Kier alpha value is -1.38. The zero-order chi connectivity index (χ0) is 11.5. The van der Waals surface area contributed by atoms with Crippen LogP contribution in [0.4, 0.5) is 5.82 Å². The number of nitrogens with zero attached hydrogens (tertiary/aromatic N) is 2. The van der Waals surface area contributed by atoms with Crippen LogP contribution in [0.15, 0.2) is 18.3 Å². The van der Waals surface area contributed by atoms with E-state index in [0.717, 1.165) is 37.2 Å². The summed E-state index contributed by atoms with van der Waals surface area (Å²) in [5.74, 6) is 1.23. The van der Waals surface area contributed by atoms with Crippen molar-refractivity contribution in [1.29, 1.82) is 0 Å². The molecular weight excluding hydrogens is 200 g/mol. The molecule has 1 aromatic rings. The molecular formula is C13H18N2O. The van der Waals surface area contributed by atoms with Crippen LogP contribution < -0.4 is 4.90 Å². The molecule has 0 N–H and O–H groups in total. The van der Waals surface area contributed by atoms with E-state index in [2.05, 4.69) is 9.88 Å². The van der Waals surface area contributed by atoms with E-state index < -0.39 is 0 Å². The standard InChI is InChI=1S/C13H18N2O/c1-10-6-5-8-14-13(10)15-9-4-3-7-12(15)11(2)16/h5-6,8,12H,3-4,7,9H2,1-2H3. The van der Waals surface area contributed by atoms with Gasteiger partial charge in [-0.25, -0.2) is 4.98 Å². The first-order valence-electron chi connectivity index (χ1n) is 5.89. The van der Waals surface area contributed by atoms with Gasteiger partial charge in [-0.1, -0.05) is 6.07 Å². The highest BCUT2D eigenvalue weighted by molar-refractivity contribution is 5.85. The van der Waals surface area contributed by atoms with E-state index in [1.54, 1.807) is 13.1 Å². The Labute approximate surface area is 96.5 Å². The largest absolute Gasteiger partial charge is 0.346 e. The van der Waals surface area contributed by atoms with Crippen molar-refractivity contribution in [2.24, 2.45) is 0 Å². The van der Waals surface area contributed by atoms with E-state index in [-0.39, 0.29) is 11.8 Å². The van der Waals surface area contributed by atoms with Gasteiger partial charge in [0, 0.05) is 12.7 Å². The maximum atomic E-state index is 11.6. The molecule has 0 saturated carbocycles. The average Bonchev–Trinajstić information content (AvgIpc) is 2.29. The highest BCUT2D eigenvalue weighted by Crippen LogP contribution is 2.25. The van der Waals surface area contributed by atoms with E-state index in [4.69, 9.17) is 0 Å². The highest BCUT2D eigenvalue weighted by atomic mass is 16.1. The molecule has 1 unspecified atom stereocenters. The molecule has 86 valence electrons. The molecule has 3 nitrogen and oxygen atoms in total. The topological polar surface area (TPSA) is 33.2 Å². The van der Waals surface area contributed by atoms with E-state index in [1.807, 2.05) is 19.1 Å². The molecule has 2 heterocycles. The van der Waals surface area contributed by atoms with Crippen molar-refractivity contribution in [3.63, 3.8) is 0 Å². The fourth-order valence-electron chi connectivity index (χ4n) is 2.39. The SMILES string of the molecule is CC(=O)C1CCCCN1c1ncccc1C. The predicted molar refractivity (Wildman–Crippen MR) is 64.6 cm³/mol. The zero-order valence-corrected chi connectivity index (χ0v) is 9.94. The second kappa shape index (κ2) is 4.64. The van der Waals surface area contributed by atoms with Crippen molar-refractivity contribution >= 4 is 11.6 Å². The van der Waals surface area contributed by atoms with E-state index in [0.29, 0.717) is 0 Å². The number of pyridine rings is 1. The molecule has 16 heavy (non-hydrogen) atoms. The van der Waals surface area contributed by atoms with Gasteiger partial charge in [0.2, 0.25) is 0 Å². The maximum Gasteiger partial charge on any atom is 0.152 e. The quantitative estimate of drug-likeness (QED) is 0.764. The molecule has 0 amide bonds. The molecule has 0 aliphatic carbocycles. The Morgan fingerprint density at radius 1 is 1.50 bits per heavy atom. The Balaban J connectivity index is 2.30. The maximum absolute atomic E-state index is 11.6. The Bertz CT molecular complexity index is 389. The van der Waals surface area contributed by atoms with Crippen LogP contribution >= 0.6 is 0 Å². The second-order valence-corrected chi connectivity index (χ2v) is 4.46.